The van der Waals surface area contributed by atoms with E-state index in [2.05, 4.69) is 5.32 Å². The molecule has 0 spiro atoms. The SMILES string of the molecule is CC(C(=O)O)N(CC(=O)Nc1ccc(OCc2ccccc2)cc1)C1CC1. The number of benzene rings is 2. The van der Waals surface area contributed by atoms with E-state index in [1.807, 2.05) is 30.3 Å². The molecule has 0 aliphatic heterocycles. The molecule has 142 valence electrons. The number of carbonyl (C=O) groups is 2. The molecule has 1 aliphatic carbocycles. The van der Waals surface area contributed by atoms with Crippen LogP contribution in [0.1, 0.15) is 25.3 Å². The van der Waals surface area contributed by atoms with Gasteiger partial charge in [0.1, 0.15) is 18.4 Å². The van der Waals surface area contributed by atoms with Gasteiger partial charge in [-0.15, -0.1) is 0 Å². The fraction of sp³-hybridized carbons (Fsp3) is 0.333. The number of nitrogens with one attached hydrogen (secondary N) is 1. The van der Waals surface area contributed by atoms with Crippen LogP contribution in [0.25, 0.3) is 0 Å². The van der Waals surface area contributed by atoms with Crippen molar-refractivity contribution in [1.29, 1.82) is 0 Å². The molecule has 2 aromatic rings. The molecule has 1 unspecified atom stereocenters. The Bertz CT molecular complexity index is 773. The van der Waals surface area contributed by atoms with Crippen molar-refractivity contribution in [3.8, 4) is 5.75 Å². The van der Waals surface area contributed by atoms with Crippen LogP contribution in [0.5, 0.6) is 5.75 Å². The van der Waals surface area contributed by atoms with Gasteiger partial charge in [0, 0.05) is 11.7 Å². The van der Waals surface area contributed by atoms with Crippen LogP contribution >= 0.6 is 0 Å². The number of amides is 1. The maximum absolute atomic E-state index is 12.3. The number of hydrogen-bond acceptors (Lipinski definition) is 4. The van der Waals surface area contributed by atoms with E-state index in [0.717, 1.165) is 24.2 Å². The van der Waals surface area contributed by atoms with E-state index in [4.69, 9.17) is 4.74 Å². The minimum absolute atomic E-state index is 0.0738. The van der Waals surface area contributed by atoms with Gasteiger partial charge in [-0.2, -0.15) is 0 Å². The second-order valence-corrected chi connectivity index (χ2v) is 6.76. The number of nitrogens with zero attached hydrogens (tertiary/aromatic N) is 1. The van der Waals surface area contributed by atoms with Crippen molar-refractivity contribution in [2.45, 2.75) is 38.5 Å². The minimum Gasteiger partial charge on any atom is -0.489 e. The number of hydrogen-bond donors (Lipinski definition) is 2. The predicted molar refractivity (Wildman–Crippen MR) is 103 cm³/mol. The van der Waals surface area contributed by atoms with Crippen LogP contribution in [0, 0.1) is 0 Å². The summed E-state index contributed by atoms with van der Waals surface area (Å²) in [6, 6.07) is 16.6. The van der Waals surface area contributed by atoms with Gasteiger partial charge in [-0.25, -0.2) is 0 Å². The summed E-state index contributed by atoms with van der Waals surface area (Å²) in [5.74, 6) is -0.404. The molecular formula is C21H24N2O4. The van der Waals surface area contributed by atoms with Crippen molar-refractivity contribution < 1.29 is 19.4 Å². The van der Waals surface area contributed by atoms with Gasteiger partial charge in [-0.3, -0.25) is 14.5 Å². The van der Waals surface area contributed by atoms with E-state index in [1.165, 1.54) is 0 Å². The number of anilines is 1. The first kappa shape index (κ1) is 18.9. The third-order valence-electron chi connectivity index (χ3n) is 4.58. The van der Waals surface area contributed by atoms with Gasteiger partial charge in [0.15, 0.2) is 0 Å². The summed E-state index contributed by atoms with van der Waals surface area (Å²) < 4.78 is 5.73. The summed E-state index contributed by atoms with van der Waals surface area (Å²) >= 11 is 0. The van der Waals surface area contributed by atoms with Gasteiger partial charge in [0.05, 0.1) is 6.54 Å². The molecule has 6 nitrogen and oxygen atoms in total. The topological polar surface area (TPSA) is 78.9 Å². The van der Waals surface area contributed by atoms with Crippen LogP contribution < -0.4 is 10.1 Å². The average molecular weight is 368 g/mol. The van der Waals surface area contributed by atoms with E-state index in [1.54, 1.807) is 36.1 Å². The smallest absolute Gasteiger partial charge is 0.320 e. The van der Waals surface area contributed by atoms with Crippen LogP contribution in [-0.4, -0.2) is 40.5 Å². The highest BCUT2D eigenvalue weighted by Crippen LogP contribution is 2.28. The highest BCUT2D eigenvalue weighted by molar-refractivity contribution is 5.92. The second kappa shape index (κ2) is 8.68. The third-order valence-corrected chi connectivity index (χ3v) is 4.58. The third kappa shape index (κ3) is 5.56. The molecule has 1 atom stereocenters. The Morgan fingerprint density at radius 1 is 1.15 bits per heavy atom. The van der Waals surface area contributed by atoms with Gasteiger partial charge in [-0.1, -0.05) is 30.3 Å². The molecule has 3 rings (SSSR count). The first-order valence-corrected chi connectivity index (χ1v) is 9.08. The molecular weight excluding hydrogens is 344 g/mol. The van der Waals surface area contributed by atoms with Crippen LogP contribution in [0.4, 0.5) is 5.69 Å². The number of carboxylic acid groups (broad SMARTS) is 1. The molecule has 0 heterocycles. The van der Waals surface area contributed by atoms with Crippen molar-refractivity contribution >= 4 is 17.6 Å². The first-order chi connectivity index (χ1) is 13.0. The quantitative estimate of drug-likeness (QED) is 0.711. The van der Waals surface area contributed by atoms with E-state index in [-0.39, 0.29) is 18.5 Å². The van der Waals surface area contributed by atoms with Crippen LogP contribution in [0.15, 0.2) is 54.6 Å². The van der Waals surface area contributed by atoms with Crippen LogP contribution in [0.3, 0.4) is 0 Å². The van der Waals surface area contributed by atoms with Gasteiger partial charge >= 0.3 is 5.97 Å². The lowest BCUT2D eigenvalue weighted by Gasteiger charge is -2.25. The Balaban J connectivity index is 1.51. The molecule has 2 N–H and O–H groups in total. The molecule has 1 fully saturated rings. The van der Waals surface area contributed by atoms with Crippen molar-refractivity contribution in [2.24, 2.45) is 0 Å². The fourth-order valence-corrected chi connectivity index (χ4v) is 2.87. The lowest BCUT2D eigenvalue weighted by atomic mass is 10.2. The van der Waals surface area contributed by atoms with Gasteiger partial charge in [0.2, 0.25) is 5.91 Å². The molecule has 2 aromatic carbocycles. The van der Waals surface area contributed by atoms with Crippen LogP contribution in [-0.2, 0) is 16.2 Å². The zero-order valence-electron chi connectivity index (χ0n) is 15.3. The van der Waals surface area contributed by atoms with E-state index in [0.29, 0.717) is 12.3 Å². The Kier molecular flexibility index (Phi) is 6.08. The molecule has 1 amide bonds. The summed E-state index contributed by atoms with van der Waals surface area (Å²) in [6.07, 6.45) is 1.89. The van der Waals surface area contributed by atoms with E-state index < -0.39 is 12.0 Å². The highest BCUT2D eigenvalue weighted by atomic mass is 16.5. The Morgan fingerprint density at radius 3 is 2.41 bits per heavy atom. The fourth-order valence-electron chi connectivity index (χ4n) is 2.87. The van der Waals surface area contributed by atoms with Crippen molar-refractivity contribution in [2.75, 3.05) is 11.9 Å². The number of aliphatic carboxylic acids is 1. The van der Waals surface area contributed by atoms with Crippen molar-refractivity contribution in [1.82, 2.24) is 4.90 Å². The summed E-state index contributed by atoms with van der Waals surface area (Å²) in [6.45, 7) is 2.17. The Labute approximate surface area is 158 Å². The maximum Gasteiger partial charge on any atom is 0.320 e. The van der Waals surface area contributed by atoms with E-state index in [9.17, 15) is 14.7 Å². The largest absolute Gasteiger partial charge is 0.489 e. The number of carboxylic acids is 1. The van der Waals surface area contributed by atoms with Crippen molar-refractivity contribution in [3.05, 3.63) is 60.2 Å². The maximum atomic E-state index is 12.3. The summed E-state index contributed by atoms with van der Waals surface area (Å²) in [5.41, 5.74) is 1.74. The van der Waals surface area contributed by atoms with Gasteiger partial charge < -0.3 is 15.2 Å². The standard InChI is InChI=1S/C21H24N2O4/c1-15(21(25)26)23(18-9-10-18)13-20(24)22-17-7-11-19(12-8-17)27-14-16-5-3-2-4-6-16/h2-8,11-12,15,18H,9-10,13-14H2,1H3,(H,22,24)(H,25,26). The number of rotatable bonds is 9. The summed E-state index contributed by atoms with van der Waals surface area (Å²) in [5, 5.41) is 12.0. The molecule has 27 heavy (non-hydrogen) atoms. The first-order valence-electron chi connectivity index (χ1n) is 9.08. The minimum atomic E-state index is -0.908. The second-order valence-electron chi connectivity index (χ2n) is 6.76. The molecule has 1 aliphatic rings. The molecule has 0 bridgehead atoms. The lowest BCUT2D eigenvalue weighted by molar-refractivity contribution is -0.143. The number of ether oxygens (including phenoxy) is 1. The Morgan fingerprint density at radius 2 is 1.81 bits per heavy atom. The Hall–Kier alpha value is -2.86. The van der Waals surface area contributed by atoms with Crippen LogP contribution in [0.2, 0.25) is 0 Å². The zero-order valence-corrected chi connectivity index (χ0v) is 15.3. The number of carbonyl (C=O) groups excluding carboxylic acids is 1. The van der Waals surface area contributed by atoms with Gasteiger partial charge in [-0.05, 0) is 49.6 Å². The van der Waals surface area contributed by atoms with E-state index >= 15 is 0 Å². The normalized spacial score (nSPS) is 14.6. The molecule has 6 heteroatoms. The molecule has 1 saturated carbocycles. The monoisotopic (exact) mass is 368 g/mol. The highest BCUT2D eigenvalue weighted by Gasteiger charge is 2.36. The zero-order chi connectivity index (χ0) is 19.2. The lowest BCUT2D eigenvalue weighted by Crippen LogP contribution is -2.44. The summed E-state index contributed by atoms with van der Waals surface area (Å²) in [4.78, 5) is 25.3. The summed E-state index contributed by atoms with van der Waals surface area (Å²) in [7, 11) is 0. The molecule has 0 saturated heterocycles. The average Bonchev–Trinajstić information content (AvgIpc) is 3.51. The molecule has 0 radical (unpaired) electrons. The van der Waals surface area contributed by atoms with Gasteiger partial charge in [0.25, 0.3) is 0 Å². The van der Waals surface area contributed by atoms with Crippen molar-refractivity contribution in [3.63, 3.8) is 0 Å². The predicted octanol–water partition coefficient (Wildman–Crippen LogP) is 3.14. The molecule has 0 aromatic heterocycles.